The molecule has 0 unspecified atom stereocenters. The fourth-order valence-electron chi connectivity index (χ4n) is 4.61. The lowest BCUT2D eigenvalue weighted by Crippen LogP contribution is -2.15. The van der Waals surface area contributed by atoms with Crippen molar-refractivity contribution in [3.63, 3.8) is 0 Å². The van der Waals surface area contributed by atoms with Gasteiger partial charge in [-0.05, 0) is 55.2 Å². The molecule has 0 saturated heterocycles. The number of rotatable bonds is 8. The molecule has 0 radical (unpaired) electrons. The number of unbranched alkanes of at least 4 members (excludes halogenated alkanes) is 3. The Morgan fingerprint density at radius 3 is 2.03 bits per heavy atom. The van der Waals surface area contributed by atoms with Crippen LogP contribution in [0.1, 0.15) is 76.2 Å². The maximum Gasteiger partial charge on any atom is 0.201 e. The molecule has 0 N–H and O–H groups in total. The number of methoxy groups -OCH3 is 1. The fourth-order valence-corrected chi connectivity index (χ4v) is 4.61. The van der Waals surface area contributed by atoms with Gasteiger partial charge in [0.15, 0.2) is 23.2 Å². The van der Waals surface area contributed by atoms with Crippen LogP contribution in [0.25, 0.3) is 11.1 Å². The minimum absolute atomic E-state index is 0.0297. The molecule has 0 aliphatic heterocycles. The van der Waals surface area contributed by atoms with Gasteiger partial charge in [-0.1, -0.05) is 51.2 Å². The second-order valence-electron chi connectivity index (χ2n) is 8.34. The van der Waals surface area contributed by atoms with Crippen molar-refractivity contribution in [3.8, 4) is 16.9 Å². The molecule has 1 aliphatic rings. The molecule has 0 amide bonds. The molecule has 1 saturated carbocycles. The van der Waals surface area contributed by atoms with Crippen molar-refractivity contribution < 1.29 is 22.3 Å². The van der Waals surface area contributed by atoms with E-state index in [-0.39, 0.29) is 22.8 Å². The van der Waals surface area contributed by atoms with E-state index in [1.165, 1.54) is 63.5 Å². The summed E-state index contributed by atoms with van der Waals surface area (Å²) >= 11 is 0. The third-order valence-corrected chi connectivity index (χ3v) is 6.42. The summed E-state index contributed by atoms with van der Waals surface area (Å²) in [6.45, 7) is 2.20. The standard InChI is InChI=1S/C25H30F4O/c1-3-4-5-6-7-16-8-10-17(11-9-16)18-12-13-19(23(27)22(18)26)20-14-15-21(30-2)25(29)24(20)28/h12-17H,3-11H2,1-2H3. The summed E-state index contributed by atoms with van der Waals surface area (Å²) in [5.41, 5.74) is -0.248. The number of ether oxygens (including phenoxy) is 1. The Morgan fingerprint density at radius 1 is 0.767 bits per heavy atom. The number of hydrogen-bond acceptors (Lipinski definition) is 1. The number of benzene rings is 2. The average molecular weight is 423 g/mol. The SMILES string of the molecule is CCCCCCC1CCC(c2ccc(-c3ccc(OC)c(F)c3F)c(F)c2F)CC1. The van der Waals surface area contributed by atoms with Crippen molar-refractivity contribution in [2.75, 3.05) is 7.11 Å². The smallest absolute Gasteiger partial charge is 0.201 e. The summed E-state index contributed by atoms with van der Waals surface area (Å²) in [5, 5.41) is 0. The van der Waals surface area contributed by atoms with Crippen LogP contribution in [-0.4, -0.2) is 7.11 Å². The van der Waals surface area contributed by atoms with Crippen molar-refractivity contribution in [2.24, 2.45) is 5.92 Å². The lowest BCUT2D eigenvalue weighted by atomic mass is 9.76. The van der Waals surface area contributed by atoms with Crippen molar-refractivity contribution in [1.82, 2.24) is 0 Å². The van der Waals surface area contributed by atoms with Gasteiger partial charge in [0, 0.05) is 11.1 Å². The maximum atomic E-state index is 14.9. The van der Waals surface area contributed by atoms with Crippen LogP contribution in [0.2, 0.25) is 0 Å². The van der Waals surface area contributed by atoms with E-state index in [0.29, 0.717) is 11.5 Å². The lowest BCUT2D eigenvalue weighted by molar-refractivity contribution is 0.297. The van der Waals surface area contributed by atoms with E-state index in [9.17, 15) is 17.6 Å². The van der Waals surface area contributed by atoms with Gasteiger partial charge in [0.05, 0.1) is 7.11 Å². The second kappa shape index (κ2) is 10.3. The molecule has 5 heteroatoms. The van der Waals surface area contributed by atoms with Gasteiger partial charge < -0.3 is 4.74 Å². The Morgan fingerprint density at radius 2 is 1.40 bits per heavy atom. The summed E-state index contributed by atoms with van der Waals surface area (Å²) in [5.74, 6) is -4.17. The molecule has 0 heterocycles. The van der Waals surface area contributed by atoms with Crippen LogP contribution >= 0.6 is 0 Å². The molecule has 164 valence electrons. The molecule has 1 fully saturated rings. The first kappa shape index (κ1) is 22.6. The molecule has 0 spiro atoms. The summed E-state index contributed by atoms with van der Waals surface area (Å²) in [7, 11) is 1.21. The Labute approximate surface area is 176 Å². The van der Waals surface area contributed by atoms with Gasteiger partial charge in [0.25, 0.3) is 0 Å². The minimum atomic E-state index is -1.25. The Kier molecular flexibility index (Phi) is 7.79. The highest BCUT2D eigenvalue weighted by Crippen LogP contribution is 2.41. The first-order valence-electron chi connectivity index (χ1n) is 11.0. The lowest BCUT2D eigenvalue weighted by Gasteiger charge is -2.29. The van der Waals surface area contributed by atoms with E-state index in [1.54, 1.807) is 0 Å². The van der Waals surface area contributed by atoms with E-state index in [0.717, 1.165) is 25.7 Å². The van der Waals surface area contributed by atoms with Gasteiger partial charge in [-0.15, -0.1) is 0 Å². The van der Waals surface area contributed by atoms with E-state index < -0.39 is 23.3 Å². The van der Waals surface area contributed by atoms with E-state index in [4.69, 9.17) is 4.74 Å². The largest absolute Gasteiger partial charge is 0.494 e. The van der Waals surface area contributed by atoms with Crippen molar-refractivity contribution in [2.45, 2.75) is 70.6 Å². The zero-order valence-corrected chi connectivity index (χ0v) is 17.7. The highest BCUT2D eigenvalue weighted by atomic mass is 19.2. The molecule has 0 atom stereocenters. The first-order valence-corrected chi connectivity index (χ1v) is 11.0. The summed E-state index contributed by atoms with van der Waals surface area (Å²) < 4.78 is 62.8. The van der Waals surface area contributed by atoms with Crippen LogP contribution in [-0.2, 0) is 0 Å². The Balaban J connectivity index is 1.73. The molecule has 1 aliphatic carbocycles. The molecule has 1 nitrogen and oxygen atoms in total. The summed E-state index contributed by atoms with van der Waals surface area (Å²) in [6.07, 6.45) is 9.93. The van der Waals surface area contributed by atoms with Crippen molar-refractivity contribution >= 4 is 0 Å². The first-order chi connectivity index (χ1) is 14.5. The van der Waals surface area contributed by atoms with Gasteiger partial charge in [0.2, 0.25) is 5.82 Å². The monoisotopic (exact) mass is 422 g/mol. The van der Waals surface area contributed by atoms with Crippen LogP contribution in [0.15, 0.2) is 24.3 Å². The molecular formula is C25H30F4O. The van der Waals surface area contributed by atoms with Crippen LogP contribution < -0.4 is 4.74 Å². The average Bonchev–Trinajstić information content (AvgIpc) is 2.76. The Bertz CT molecular complexity index is 857. The molecule has 3 rings (SSSR count). The topological polar surface area (TPSA) is 9.23 Å². The minimum Gasteiger partial charge on any atom is -0.494 e. The van der Waals surface area contributed by atoms with Gasteiger partial charge in [-0.2, -0.15) is 4.39 Å². The summed E-state index contributed by atoms with van der Waals surface area (Å²) in [4.78, 5) is 0. The van der Waals surface area contributed by atoms with Gasteiger partial charge >= 0.3 is 0 Å². The fraction of sp³-hybridized carbons (Fsp3) is 0.520. The van der Waals surface area contributed by atoms with Crippen LogP contribution in [0, 0.1) is 29.2 Å². The predicted molar refractivity (Wildman–Crippen MR) is 112 cm³/mol. The highest BCUT2D eigenvalue weighted by molar-refractivity contribution is 5.66. The van der Waals surface area contributed by atoms with Gasteiger partial charge in [0.1, 0.15) is 0 Å². The molecule has 0 bridgehead atoms. The molecule has 2 aromatic rings. The molecule has 0 aromatic heterocycles. The van der Waals surface area contributed by atoms with E-state index in [1.807, 2.05) is 0 Å². The quantitative estimate of drug-likeness (QED) is 0.308. The Hall–Kier alpha value is -2.04. The third-order valence-electron chi connectivity index (χ3n) is 6.42. The molecular weight excluding hydrogens is 392 g/mol. The van der Waals surface area contributed by atoms with Crippen molar-refractivity contribution in [3.05, 3.63) is 53.1 Å². The van der Waals surface area contributed by atoms with Crippen LogP contribution in [0.3, 0.4) is 0 Å². The van der Waals surface area contributed by atoms with Crippen molar-refractivity contribution in [1.29, 1.82) is 0 Å². The zero-order valence-electron chi connectivity index (χ0n) is 17.7. The normalized spacial score (nSPS) is 19.1. The van der Waals surface area contributed by atoms with E-state index in [2.05, 4.69) is 6.92 Å². The number of halogens is 4. The van der Waals surface area contributed by atoms with Crippen LogP contribution in [0.4, 0.5) is 17.6 Å². The highest BCUT2D eigenvalue weighted by Gasteiger charge is 2.27. The maximum absolute atomic E-state index is 14.9. The molecule has 2 aromatic carbocycles. The second-order valence-corrected chi connectivity index (χ2v) is 8.34. The predicted octanol–water partition coefficient (Wildman–Crippen LogP) is 8.16. The van der Waals surface area contributed by atoms with Gasteiger partial charge in [-0.25, -0.2) is 13.2 Å². The number of hydrogen-bond donors (Lipinski definition) is 0. The van der Waals surface area contributed by atoms with Gasteiger partial charge in [-0.3, -0.25) is 0 Å². The zero-order chi connectivity index (χ0) is 21.7. The summed E-state index contributed by atoms with van der Waals surface area (Å²) in [6, 6.07) is 5.30. The van der Waals surface area contributed by atoms with Crippen LogP contribution in [0.5, 0.6) is 5.75 Å². The third kappa shape index (κ3) is 4.81. The molecule has 30 heavy (non-hydrogen) atoms. The van der Waals surface area contributed by atoms with E-state index >= 15 is 0 Å².